The van der Waals surface area contributed by atoms with Crippen molar-refractivity contribution in [1.29, 1.82) is 0 Å². The Labute approximate surface area is 212 Å². The van der Waals surface area contributed by atoms with Gasteiger partial charge in [0.15, 0.2) is 0 Å². The Kier molecular flexibility index (Phi) is 8.93. The van der Waals surface area contributed by atoms with Crippen molar-refractivity contribution in [3.8, 4) is 5.75 Å². The van der Waals surface area contributed by atoms with Crippen LogP contribution in [0.25, 0.3) is 0 Å². The maximum Gasteiger partial charge on any atom is 0.128 e. The van der Waals surface area contributed by atoms with E-state index in [0.29, 0.717) is 37.3 Å². The minimum absolute atomic E-state index is 0.257. The topological polar surface area (TPSA) is 41.6 Å². The number of hydrogen-bond acceptors (Lipinski definition) is 4. The third-order valence-corrected chi connectivity index (χ3v) is 6.79. The third kappa shape index (κ3) is 6.62. The lowest BCUT2D eigenvalue weighted by atomic mass is 9.94. The molecule has 36 heavy (non-hydrogen) atoms. The molecule has 1 heterocycles. The zero-order valence-electron chi connectivity index (χ0n) is 20.9. The summed E-state index contributed by atoms with van der Waals surface area (Å²) in [5.74, 6) is 0.161. The van der Waals surface area contributed by atoms with Gasteiger partial charge in [0.05, 0.1) is 6.61 Å². The molecule has 0 aliphatic carbocycles. The fraction of sp³-hybridized carbons (Fsp3) is 0.367. The molecule has 0 bridgehead atoms. The van der Waals surface area contributed by atoms with Crippen molar-refractivity contribution >= 4 is 17.7 Å². The van der Waals surface area contributed by atoms with Crippen LogP contribution in [0.15, 0.2) is 54.6 Å². The number of carbonyl (C=O) groups excluding carboxylic acids is 1. The second kappa shape index (κ2) is 12.5. The number of nitrogens with one attached hydrogen (secondary N) is 1. The molecule has 0 saturated heterocycles. The summed E-state index contributed by atoms with van der Waals surface area (Å²) in [6, 6.07) is 15.7. The first-order chi connectivity index (χ1) is 17.5. The van der Waals surface area contributed by atoms with Crippen molar-refractivity contribution < 1.29 is 18.3 Å². The minimum atomic E-state index is -0.279. The van der Waals surface area contributed by atoms with E-state index >= 15 is 0 Å². The molecule has 4 nitrogen and oxygen atoms in total. The second-order valence-electron chi connectivity index (χ2n) is 9.32. The summed E-state index contributed by atoms with van der Waals surface area (Å²) < 4.78 is 33.1. The first kappa shape index (κ1) is 25.7. The molecule has 0 radical (unpaired) electrons. The molecule has 1 aliphatic rings. The minimum Gasteiger partial charge on any atom is -0.494 e. The molecule has 3 aromatic rings. The van der Waals surface area contributed by atoms with Crippen LogP contribution in [-0.2, 0) is 24.2 Å². The highest BCUT2D eigenvalue weighted by molar-refractivity contribution is 5.64. The number of hydrogen-bond donors (Lipinski definition) is 1. The molecule has 190 valence electrons. The van der Waals surface area contributed by atoms with Crippen molar-refractivity contribution in [2.45, 2.75) is 52.0 Å². The van der Waals surface area contributed by atoms with E-state index in [0.717, 1.165) is 50.7 Å². The number of benzene rings is 3. The largest absolute Gasteiger partial charge is 0.494 e. The van der Waals surface area contributed by atoms with E-state index in [2.05, 4.69) is 29.3 Å². The number of unbranched alkanes of at least 4 members (excludes halogenated alkanes) is 1. The van der Waals surface area contributed by atoms with E-state index in [4.69, 9.17) is 4.74 Å². The molecule has 0 fully saturated rings. The van der Waals surface area contributed by atoms with Crippen LogP contribution in [0.1, 0.15) is 47.9 Å². The van der Waals surface area contributed by atoms with Crippen LogP contribution in [0.4, 0.5) is 20.2 Å². The predicted molar refractivity (Wildman–Crippen MR) is 141 cm³/mol. The van der Waals surface area contributed by atoms with Gasteiger partial charge in [0.1, 0.15) is 23.7 Å². The highest BCUT2D eigenvalue weighted by Crippen LogP contribution is 2.33. The molecule has 0 spiro atoms. The van der Waals surface area contributed by atoms with Gasteiger partial charge in [0, 0.05) is 37.4 Å². The van der Waals surface area contributed by atoms with Crippen LogP contribution in [0.2, 0.25) is 0 Å². The number of nitrogens with zero attached hydrogens (tertiary/aromatic N) is 1. The fourth-order valence-corrected chi connectivity index (χ4v) is 4.82. The first-order valence-corrected chi connectivity index (χ1v) is 12.8. The Balaban J connectivity index is 1.33. The molecule has 4 rings (SSSR count). The lowest BCUT2D eigenvalue weighted by Crippen LogP contribution is -2.31. The molecule has 0 atom stereocenters. The summed E-state index contributed by atoms with van der Waals surface area (Å²) in [5.41, 5.74) is 6.48. The highest BCUT2D eigenvalue weighted by atomic mass is 19.1. The molecule has 0 saturated carbocycles. The van der Waals surface area contributed by atoms with Gasteiger partial charge >= 0.3 is 0 Å². The molecule has 0 unspecified atom stereocenters. The van der Waals surface area contributed by atoms with Gasteiger partial charge in [-0.15, -0.1) is 0 Å². The Morgan fingerprint density at radius 1 is 1.03 bits per heavy atom. The van der Waals surface area contributed by atoms with Gasteiger partial charge in [-0.25, -0.2) is 8.78 Å². The number of rotatable bonds is 12. The summed E-state index contributed by atoms with van der Waals surface area (Å²) in [6.45, 7) is 5.40. The van der Waals surface area contributed by atoms with Crippen LogP contribution >= 0.6 is 0 Å². The van der Waals surface area contributed by atoms with Crippen LogP contribution < -0.4 is 15.0 Å². The number of aryl methyl sites for hydroxylation is 2. The van der Waals surface area contributed by atoms with E-state index in [1.807, 2.05) is 6.07 Å². The van der Waals surface area contributed by atoms with Crippen LogP contribution in [-0.4, -0.2) is 26.0 Å². The maximum absolute atomic E-state index is 14.4. The van der Waals surface area contributed by atoms with E-state index in [9.17, 15) is 13.6 Å². The van der Waals surface area contributed by atoms with Gasteiger partial charge in [-0.2, -0.15) is 0 Å². The van der Waals surface area contributed by atoms with Crippen molar-refractivity contribution in [1.82, 2.24) is 0 Å². The molecule has 6 heteroatoms. The Bertz CT molecular complexity index is 1160. The zero-order valence-corrected chi connectivity index (χ0v) is 20.9. The number of halogens is 2. The van der Waals surface area contributed by atoms with Gasteiger partial charge in [-0.3, -0.25) is 0 Å². The Morgan fingerprint density at radius 2 is 1.83 bits per heavy atom. The van der Waals surface area contributed by atoms with Crippen molar-refractivity contribution in [2.24, 2.45) is 0 Å². The van der Waals surface area contributed by atoms with Crippen LogP contribution in [0.3, 0.4) is 0 Å². The molecular weight excluding hydrogens is 458 g/mol. The summed E-state index contributed by atoms with van der Waals surface area (Å²) in [7, 11) is 0. The Hall–Kier alpha value is -3.41. The molecule has 1 aliphatic heterocycles. The standard InChI is InChI=1S/C30H34F2N2O2/c1-22-25(21-33-27-13-10-23(7-5-18-35)29(32)20-27)9-8-24-6-4-17-34(30(22)24)16-2-3-19-36-28-14-11-26(31)12-15-28/h8-15,18,20,33H,2-7,16-17,19,21H2,1H3. The average molecular weight is 493 g/mol. The number of ether oxygens (including phenoxy) is 1. The molecule has 0 amide bonds. The molecule has 0 aromatic heterocycles. The van der Waals surface area contributed by atoms with Gasteiger partial charge in [-0.1, -0.05) is 18.2 Å². The molecular formula is C30H34F2N2O2. The van der Waals surface area contributed by atoms with Gasteiger partial charge < -0.3 is 19.7 Å². The van der Waals surface area contributed by atoms with E-state index in [1.165, 1.54) is 40.6 Å². The predicted octanol–water partition coefficient (Wildman–Crippen LogP) is 6.63. The normalized spacial score (nSPS) is 12.8. The van der Waals surface area contributed by atoms with Crippen molar-refractivity contribution in [3.05, 3.63) is 88.5 Å². The van der Waals surface area contributed by atoms with Crippen LogP contribution in [0.5, 0.6) is 5.75 Å². The molecule has 3 aromatic carbocycles. The van der Waals surface area contributed by atoms with Gasteiger partial charge in [0.25, 0.3) is 0 Å². The van der Waals surface area contributed by atoms with E-state index < -0.39 is 0 Å². The number of carbonyl (C=O) groups is 1. The smallest absolute Gasteiger partial charge is 0.128 e. The third-order valence-electron chi connectivity index (χ3n) is 6.79. The summed E-state index contributed by atoms with van der Waals surface area (Å²) in [5, 5.41) is 3.36. The van der Waals surface area contributed by atoms with Gasteiger partial charge in [-0.05, 0) is 97.7 Å². The Morgan fingerprint density at radius 3 is 2.61 bits per heavy atom. The highest BCUT2D eigenvalue weighted by Gasteiger charge is 2.20. The number of fused-ring (bicyclic) bond motifs is 1. The number of aldehydes is 1. The van der Waals surface area contributed by atoms with E-state index in [-0.39, 0.29) is 11.6 Å². The monoisotopic (exact) mass is 492 g/mol. The maximum atomic E-state index is 14.4. The average Bonchev–Trinajstić information content (AvgIpc) is 2.88. The summed E-state index contributed by atoms with van der Waals surface area (Å²) in [4.78, 5) is 13.1. The number of anilines is 2. The van der Waals surface area contributed by atoms with E-state index in [1.54, 1.807) is 18.2 Å². The summed E-state index contributed by atoms with van der Waals surface area (Å²) >= 11 is 0. The van der Waals surface area contributed by atoms with Crippen molar-refractivity contribution in [3.63, 3.8) is 0 Å². The molecule has 1 N–H and O–H groups in total. The lowest BCUT2D eigenvalue weighted by Gasteiger charge is -2.34. The lowest BCUT2D eigenvalue weighted by molar-refractivity contribution is -0.107. The summed E-state index contributed by atoms with van der Waals surface area (Å²) in [6.07, 6.45) is 5.74. The second-order valence-corrected chi connectivity index (χ2v) is 9.32. The SMILES string of the molecule is Cc1c(CNc2ccc(CCC=O)c(F)c2)ccc2c1N(CCCCOc1ccc(F)cc1)CCC2. The zero-order chi connectivity index (χ0) is 25.3. The quantitative estimate of drug-likeness (QED) is 0.228. The van der Waals surface area contributed by atoms with Gasteiger partial charge in [0.2, 0.25) is 0 Å². The van der Waals surface area contributed by atoms with Crippen LogP contribution in [0, 0.1) is 18.6 Å². The van der Waals surface area contributed by atoms with Crippen molar-refractivity contribution in [2.75, 3.05) is 29.9 Å². The first-order valence-electron chi connectivity index (χ1n) is 12.8. The fourth-order valence-electron chi connectivity index (χ4n) is 4.82.